The van der Waals surface area contributed by atoms with Crippen LogP contribution in [-0.4, -0.2) is 19.2 Å². The van der Waals surface area contributed by atoms with Gasteiger partial charge < -0.3 is 10.1 Å². The van der Waals surface area contributed by atoms with Gasteiger partial charge in [0.05, 0.1) is 12.7 Å². The first-order valence-electron chi connectivity index (χ1n) is 4.76. The third-order valence-corrected chi connectivity index (χ3v) is 2.37. The van der Waals surface area contributed by atoms with Crippen LogP contribution in [0.3, 0.4) is 0 Å². The van der Waals surface area contributed by atoms with Crippen molar-refractivity contribution in [3.05, 3.63) is 35.9 Å². The lowest BCUT2D eigenvalue weighted by atomic mass is 10.1. The van der Waals surface area contributed by atoms with Gasteiger partial charge in [-0.25, -0.2) is 0 Å². The Morgan fingerprint density at radius 1 is 1.31 bits per heavy atom. The van der Waals surface area contributed by atoms with Crippen LogP contribution >= 0.6 is 0 Å². The molecule has 1 aromatic carbocycles. The van der Waals surface area contributed by atoms with Crippen LogP contribution in [0.1, 0.15) is 18.6 Å². The highest BCUT2D eigenvalue weighted by Gasteiger charge is 2.18. The van der Waals surface area contributed by atoms with E-state index in [0.29, 0.717) is 6.04 Å². The molecule has 70 valence electrons. The fourth-order valence-corrected chi connectivity index (χ4v) is 1.57. The molecule has 1 saturated heterocycles. The minimum absolute atomic E-state index is 0.234. The van der Waals surface area contributed by atoms with E-state index in [1.165, 1.54) is 5.56 Å². The summed E-state index contributed by atoms with van der Waals surface area (Å²) in [6, 6.07) is 10.8. The van der Waals surface area contributed by atoms with Gasteiger partial charge in [0.25, 0.3) is 0 Å². The monoisotopic (exact) mass is 177 g/mol. The third kappa shape index (κ3) is 2.08. The molecule has 1 aromatic rings. The lowest BCUT2D eigenvalue weighted by Gasteiger charge is -2.28. The second kappa shape index (κ2) is 3.90. The number of nitrogens with one attached hydrogen (secondary N) is 1. The Morgan fingerprint density at radius 3 is 2.69 bits per heavy atom. The normalized spacial score (nSPS) is 28.7. The van der Waals surface area contributed by atoms with Crippen LogP contribution in [0.4, 0.5) is 0 Å². The van der Waals surface area contributed by atoms with Crippen molar-refractivity contribution in [2.24, 2.45) is 0 Å². The van der Waals surface area contributed by atoms with E-state index in [0.717, 1.165) is 13.2 Å². The Bertz CT molecular complexity index is 252. The predicted octanol–water partition coefficient (Wildman–Crippen LogP) is 1.74. The van der Waals surface area contributed by atoms with Crippen LogP contribution in [-0.2, 0) is 4.74 Å². The molecule has 2 heteroatoms. The molecular weight excluding hydrogens is 162 g/mol. The van der Waals surface area contributed by atoms with Crippen LogP contribution in [0, 0.1) is 0 Å². The van der Waals surface area contributed by atoms with Gasteiger partial charge in [-0.05, 0) is 12.5 Å². The molecule has 2 unspecified atom stereocenters. The molecule has 0 aliphatic carbocycles. The second-order valence-corrected chi connectivity index (χ2v) is 3.54. The zero-order valence-corrected chi connectivity index (χ0v) is 7.86. The molecule has 1 fully saturated rings. The van der Waals surface area contributed by atoms with Gasteiger partial charge in [-0.15, -0.1) is 0 Å². The zero-order chi connectivity index (χ0) is 9.10. The highest BCUT2D eigenvalue weighted by atomic mass is 16.5. The Morgan fingerprint density at radius 2 is 2.08 bits per heavy atom. The summed E-state index contributed by atoms with van der Waals surface area (Å²) in [5.41, 5.74) is 1.27. The van der Waals surface area contributed by atoms with E-state index < -0.39 is 0 Å². The van der Waals surface area contributed by atoms with Crippen molar-refractivity contribution in [2.75, 3.05) is 13.2 Å². The molecule has 0 spiro atoms. The van der Waals surface area contributed by atoms with E-state index in [4.69, 9.17) is 4.74 Å². The number of benzene rings is 1. The Balaban J connectivity index is 2.03. The van der Waals surface area contributed by atoms with Crippen molar-refractivity contribution in [1.29, 1.82) is 0 Å². The average Bonchev–Trinajstić information content (AvgIpc) is 2.20. The molecule has 0 radical (unpaired) electrons. The number of hydrogen-bond acceptors (Lipinski definition) is 2. The standard InChI is InChI=1S/C11H15NO/c1-9-8-13-11(7-12-9)10-5-3-2-4-6-10/h2-6,9,11-12H,7-8H2,1H3. The summed E-state index contributed by atoms with van der Waals surface area (Å²) in [6.45, 7) is 3.87. The van der Waals surface area contributed by atoms with Crippen LogP contribution in [0.5, 0.6) is 0 Å². The van der Waals surface area contributed by atoms with Crippen molar-refractivity contribution in [3.8, 4) is 0 Å². The molecule has 1 heterocycles. The topological polar surface area (TPSA) is 21.3 Å². The summed E-state index contributed by atoms with van der Waals surface area (Å²) >= 11 is 0. The molecule has 0 amide bonds. The maximum atomic E-state index is 5.71. The van der Waals surface area contributed by atoms with Gasteiger partial charge in [-0.3, -0.25) is 0 Å². The molecule has 0 bridgehead atoms. The first kappa shape index (κ1) is 8.73. The third-order valence-electron chi connectivity index (χ3n) is 2.37. The second-order valence-electron chi connectivity index (χ2n) is 3.54. The van der Waals surface area contributed by atoms with Crippen molar-refractivity contribution in [2.45, 2.75) is 19.1 Å². The Labute approximate surface area is 78.9 Å². The molecule has 13 heavy (non-hydrogen) atoms. The van der Waals surface area contributed by atoms with E-state index in [-0.39, 0.29) is 6.10 Å². The summed E-state index contributed by atoms with van der Waals surface area (Å²) < 4.78 is 5.71. The van der Waals surface area contributed by atoms with E-state index >= 15 is 0 Å². The van der Waals surface area contributed by atoms with Crippen molar-refractivity contribution in [1.82, 2.24) is 5.32 Å². The number of rotatable bonds is 1. The molecule has 0 saturated carbocycles. The van der Waals surface area contributed by atoms with Gasteiger partial charge in [-0.2, -0.15) is 0 Å². The zero-order valence-electron chi connectivity index (χ0n) is 7.86. The number of morpholine rings is 1. The number of hydrogen-bond donors (Lipinski definition) is 1. The van der Waals surface area contributed by atoms with Crippen molar-refractivity contribution < 1.29 is 4.74 Å². The molecule has 1 N–H and O–H groups in total. The predicted molar refractivity (Wildman–Crippen MR) is 52.6 cm³/mol. The Kier molecular flexibility index (Phi) is 2.62. The summed E-state index contributed by atoms with van der Waals surface area (Å²) in [6.07, 6.45) is 0.234. The maximum absolute atomic E-state index is 5.71. The van der Waals surface area contributed by atoms with E-state index in [1.54, 1.807) is 0 Å². The minimum atomic E-state index is 0.234. The molecule has 1 aliphatic heterocycles. The first-order valence-corrected chi connectivity index (χ1v) is 4.76. The SMILES string of the molecule is CC1COC(c2ccccc2)CN1. The molecule has 1 aliphatic rings. The number of ether oxygens (including phenoxy) is 1. The molecule has 2 atom stereocenters. The highest BCUT2D eigenvalue weighted by molar-refractivity contribution is 5.18. The minimum Gasteiger partial charge on any atom is -0.371 e. The lowest BCUT2D eigenvalue weighted by molar-refractivity contribution is 0.00695. The summed E-state index contributed by atoms with van der Waals surface area (Å²) in [5, 5.41) is 3.41. The van der Waals surface area contributed by atoms with Crippen LogP contribution < -0.4 is 5.32 Å². The molecular formula is C11H15NO. The van der Waals surface area contributed by atoms with Gasteiger partial charge in [0.2, 0.25) is 0 Å². The molecule has 0 aromatic heterocycles. The fraction of sp³-hybridized carbons (Fsp3) is 0.455. The van der Waals surface area contributed by atoms with Gasteiger partial charge in [-0.1, -0.05) is 30.3 Å². The highest BCUT2D eigenvalue weighted by Crippen LogP contribution is 2.19. The fourth-order valence-electron chi connectivity index (χ4n) is 1.57. The molecule has 2 nitrogen and oxygen atoms in total. The summed E-state index contributed by atoms with van der Waals surface area (Å²) in [7, 11) is 0. The van der Waals surface area contributed by atoms with E-state index in [9.17, 15) is 0 Å². The lowest BCUT2D eigenvalue weighted by Crippen LogP contribution is -2.40. The Hall–Kier alpha value is -0.860. The van der Waals surface area contributed by atoms with Crippen molar-refractivity contribution >= 4 is 0 Å². The first-order chi connectivity index (χ1) is 6.36. The summed E-state index contributed by atoms with van der Waals surface area (Å²) in [5.74, 6) is 0. The van der Waals surface area contributed by atoms with Gasteiger partial charge in [0.1, 0.15) is 0 Å². The quantitative estimate of drug-likeness (QED) is 0.705. The van der Waals surface area contributed by atoms with E-state index in [1.807, 2.05) is 6.07 Å². The maximum Gasteiger partial charge on any atom is 0.0950 e. The molecule has 2 rings (SSSR count). The largest absolute Gasteiger partial charge is 0.371 e. The van der Waals surface area contributed by atoms with Gasteiger partial charge in [0.15, 0.2) is 0 Å². The van der Waals surface area contributed by atoms with Gasteiger partial charge in [0, 0.05) is 12.6 Å². The van der Waals surface area contributed by atoms with Gasteiger partial charge >= 0.3 is 0 Å². The summed E-state index contributed by atoms with van der Waals surface area (Å²) in [4.78, 5) is 0. The average molecular weight is 177 g/mol. The van der Waals surface area contributed by atoms with Crippen LogP contribution in [0.2, 0.25) is 0 Å². The van der Waals surface area contributed by atoms with E-state index in [2.05, 4.69) is 36.5 Å². The smallest absolute Gasteiger partial charge is 0.0950 e. The van der Waals surface area contributed by atoms with Crippen molar-refractivity contribution in [3.63, 3.8) is 0 Å². The van der Waals surface area contributed by atoms with Crippen LogP contribution in [0.15, 0.2) is 30.3 Å². The van der Waals surface area contributed by atoms with Crippen LogP contribution in [0.25, 0.3) is 0 Å².